The van der Waals surface area contributed by atoms with E-state index in [9.17, 15) is 19.2 Å². The molecule has 0 fully saturated rings. The number of carbonyl (C=O) groups excluding carboxylic acids is 4. The minimum atomic E-state index is -1.02. The van der Waals surface area contributed by atoms with Gasteiger partial charge in [0, 0.05) is 0 Å². The summed E-state index contributed by atoms with van der Waals surface area (Å²) >= 11 is 0. The lowest BCUT2D eigenvalue weighted by Crippen LogP contribution is -2.40. The van der Waals surface area contributed by atoms with Gasteiger partial charge in [0.2, 0.25) is 0 Å². The van der Waals surface area contributed by atoms with Crippen molar-refractivity contribution in [1.82, 2.24) is 0 Å². The van der Waals surface area contributed by atoms with Crippen LogP contribution in [0.5, 0.6) is 11.5 Å². The molecule has 2 N–H and O–H groups in total. The number of ether oxygens (including phenoxy) is 4. The molecule has 0 spiro atoms. The number of rotatable bonds is 16. The van der Waals surface area contributed by atoms with Crippen molar-refractivity contribution in [2.75, 3.05) is 0 Å². The Morgan fingerprint density at radius 3 is 1.67 bits per heavy atom. The van der Waals surface area contributed by atoms with Gasteiger partial charge in [-0.25, -0.2) is 0 Å². The molecule has 0 saturated heterocycles. The second kappa shape index (κ2) is 16.9. The topological polar surface area (TPSA) is 131 Å². The van der Waals surface area contributed by atoms with Crippen LogP contribution in [0.4, 0.5) is 0 Å². The molecule has 0 aliphatic heterocycles. The Morgan fingerprint density at radius 1 is 0.692 bits per heavy atom. The van der Waals surface area contributed by atoms with E-state index in [0.29, 0.717) is 24.8 Å². The summed E-state index contributed by atoms with van der Waals surface area (Å²) < 4.78 is 22.0. The van der Waals surface area contributed by atoms with Gasteiger partial charge in [-0.15, -0.1) is 0 Å². The van der Waals surface area contributed by atoms with Crippen LogP contribution in [0.1, 0.15) is 93.1 Å². The molecule has 0 radical (unpaired) electrons. The molecule has 0 aliphatic carbocycles. The zero-order valence-electron chi connectivity index (χ0n) is 24.8. The summed E-state index contributed by atoms with van der Waals surface area (Å²) in [6.07, 6.45) is 2.38. The minimum absolute atomic E-state index is 0.0854. The maximum absolute atomic E-state index is 12.7. The van der Waals surface area contributed by atoms with Gasteiger partial charge in [-0.3, -0.25) is 19.2 Å². The third-order valence-electron chi connectivity index (χ3n) is 6.72. The van der Waals surface area contributed by atoms with E-state index in [2.05, 4.69) is 0 Å². The molecule has 0 heterocycles. The van der Waals surface area contributed by atoms with Crippen molar-refractivity contribution in [2.45, 2.75) is 112 Å². The lowest BCUT2D eigenvalue weighted by Gasteiger charge is -2.23. The summed E-state index contributed by atoms with van der Waals surface area (Å²) in [5.74, 6) is -2.53. The predicted molar refractivity (Wildman–Crippen MR) is 148 cm³/mol. The van der Waals surface area contributed by atoms with Crippen LogP contribution in [0.15, 0.2) is 18.2 Å². The van der Waals surface area contributed by atoms with E-state index < -0.39 is 36.2 Å². The normalized spacial score (nSPS) is 15.7. The van der Waals surface area contributed by atoms with Crippen LogP contribution in [0.2, 0.25) is 0 Å². The highest BCUT2D eigenvalue weighted by Crippen LogP contribution is 2.31. The van der Waals surface area contributed by atoms with E-state index in [-0.39, 0.29) is 41.6 Å². The number of benzene rings is 1. The summed E-state index contributed by atoms with van der Waals surface area (Å²) in [6.45, 7) is 14.5. The Labute approximate surface area is 233 Å². The zero-order chi connectivity index (χ0) is 29.7. The van der Waals surface area contributed by atoms with Gasteiger partial charge in [0.05, 0.1) is 17.8 Å². The molecule has 1 rings (SSSR count). The Bertz CT molecular complexity index is 962. The number of esters is 4. The summed E-state index contributed by atoms with van der Waals surface area (Å²) in [4.78, 5) is 49.9. The number of hydrogen-bond donors (Lipinski definition) is 1. The van der Waals surface area contributed by atoms with Crippen molar-refractivity contribution in [3.05, 3.63) is 23.8 Å². The summed E-state index contributed by atoms with van der Waals surface area (Å²) in [5, 5.41) is 0. The predicted octanol–water partition coefficient (Wildman–Crippen LogP) is 5.15. The number of carbonyl (C=O) groups is 4. The Hall–Kier alpha value is -2.94. The van der Waals surface area contributed by atoms with Gasteiger partial charge in [0.15, 0.2) is 11.5 Å². The van der Waals surface area contributed by atoms with Gasteiger partial charge < -0.3 is 24.7 Å². The van der Waals surface area contributed by atoms with Gasteiger partial charge in [-0.2, -0.15) is 0 Å². The fraction of sp³-hybridized carbons (Fsp3) is 0.667. The largest absolute Gasteiger partial charge is 0.459 e. The fourth-order valence-corrected chi connectivity index (χ4v) is 3.63. The molecule has 39 heavy (non-hydrogen) atoms. The van der Waals surface area contributed by atoms with Crippen LogP contribution < -0.4 is 15.2 Å². The highest BCUT2D eigenvalue weighted by Gasteiger charge is 2.26. The van der Waals surface area contributed by atoms with Gasteiger partial charge in [0.25, 0.3) is 0 Å². The monoisotopic (exact) mass is 549 g/mol. The standard InChI is InChI=1S/C30H47NO8/c1-9-12-19(5)28(33)38-25-15-14-23(17-26(25)39-29(34)20(6)13-10-2)16-24(31)30(35)37-22(8)21(7)36-27(32)18(4)11-3/h14-15,17-22,24H,9-13,16,31H2,1-8H3/t18?,19?,20?,21-,22-,24-/m0/s1. The van der Waals surface area contributed by atoms with Crippen LogP contribution in [0.3, 0.4) is 0 Å². The molecular formula is C30H47NO8. The molecule has 9 nitrogen and oxygen atoms in total. The van der Waals surface area contributed by atoms with E-state index in [4.69, 9.17) is 24.7 Å². The second-order valence-corrected chi connectivity index (χ2v) is 10.4. The summed E-state index contributed by atoms with van der Waals surface area (Å²) in [5.41, 5.74) is 6.72. The molecule has 0 aromatic heterocycles. The van der Waals surface area contributed by atoms with Crippen LogP contribution in [-0.4, -0.2) is 42.1 Å². The third kappa shape index (κ3) is 11.4. The zero-order valence-corrected chi connectivity index (χ0v) is 24.8. The Balaban J connectivity index is 3.00. The minimum Gasteiger partial charge on any atom is -0.459 e. The van der Waals surface area contributed by atoms with Crippen LogP contribution in [0, 0.1) is 17.8 Å². The van der Waals surface area contributed by atoms with E-state index in [1.807, 2.05) is 20.8 Å². The van der Waals surface area contributed by atoms with Crippen molar-refractivity contribution in [2.24, 2.45) is 23.5 Å². The first-order chi connectivity index (χ1) is 18.3. The fourth-order valence-electron chi connectivity index (χ4n) is 3.63. The van der Waals surface area contributed by atoms with E-state index in [1.54, 1.807) is 46.8 Å². The average Bonchev–Trinajstić information content (AvgIpc) is 2.89. The van der Waals surface area contributed by atoms with Gasteiger partial charge >= 0.3 is 23.9 Å². The second-order valence-electron chi connectivity index (χ2n) is 10.4. The Kier molecular flexibility index (Phi) is 14.8. The maximum Gasteiger partial charge on any atom is 0.323 e. The molecule has 9 heteroatoms. The van der Waals surface area contributed by atoms with Crippen molar-refractivity contribution < 1.29 is 38.1 Å². The average molecular weight is 550 g/mol. The van der Waals surface area contributed by atoms with Gasteiger partial charge in [-0.1, -0.05) is 60.5 Å². The molecule has 1 aromatic rings. The van der Waals surface area contributed by atoms with Gasteiger partial charge in [-0.05, 0) is 57.2 Å². The van der Waals surface area contributed by atoms with Crippen molar-refractivity contribution in [3.8, 4) is 11.5 Å². The van der Waals surface area contributed by atoms with Crippen LogP contribution >= 0.6 is 0 Å². The highest BCUT2D eigenvalue weighted by atomic mass is 16.6. The van der Waals surface area contributed by atoms with Gasteiger partial charge in [0.1, 0.15) is 18.2 Å². The molecule has 0 bridgehead atoms. The summed E-state index contributed by atoms with van der Waals surface area (Å²) in [6, 6.07) is 3.73. The molecule has 1 aromatic carbocycles. The van der Waals surface area contributed by atoms with E-state index >= 15 is 0 Å². The molecule has 0 saturated carbocycles. The van der Waals surface area contributed by atoms with Crippen molar-refractivity contribution >= 4 is 23.9 Å². The maximum atomic E-state index is 12.7. The Morgan fingerprint density at radius 2 is 1.18 bits per heavy atom. The third-order valence-corrected chi connectivity index (χ3v) is 6.72. The van der Waals surface area contributed by atoms with Crippen molar-refractivity contribution in [1.29, 1.82) is 0 Å². The molecular weight excluding hydrogens is 502 g/mol. The quantitative estimate of drug-likeness (QED) is 0.220. The van der Waals surface area contributed by atoms with Crippen LogP contribution in [0.25, 0.3) is 0 Å². The number of nitrogens with two attached hydrogens (primary N) is 1. The number of hydrogen-bond acceptors (Lipinski definition) is 9. The van der Waals surface area contributed by atoms with Crippen molar-refractivity contribution in [3.63, 3.8) is 0 Å². The molecule has 0 amide bonds. The first kappa shape index (κ1) is 34.1. The SMILES string of the molecule is CCCC(C)C(=O)Oc1ccc(C[C@H](N)C(=O)O[C@@H](C)[C@H](C)OC(=O)C(C)CC)cc1OC(=O)C(C)CCC. The molecule has 3 unspecified atom stereocenters. The van der Waals surface area contributed by atoms with Crippen LogP contribution in [-0.2, 0) is 35.1 Å². The first-order valence-electron chi connectivity index (χ1n) is 14.1. The smallest absolute Gasteiger partial charge is 0.323 e. The highest BCUT2D eigenvalue weighted by molar-refractivity contribution is 5.79. The lowest BCUT2D eigenvalue weighted by atomic mass is 10.0. The summed E-state index contributed by atoms with van der Waals surface area (Å²) in [7, 11) is 0. The molecule has 0 aliphatic rings. The first-order valence-corrected chi connectivity index (χ1v) is 14.1. The molecule has 220 valence electrons. The van der Waals surface area contributed by atoms with E-state index in [0.717, 1.165) is 12.8 Å². The lowest BCUT2D eigenvalue weighted by molar-refractivity contribution is -0.168. The van der Waals surface area contributed by atoms with E-state index in [1.165, 1.54) is 6.07 Å². The molecule has 6 atom stereocenters.